The number of nitrogens with one attached hydrogen (secondary N) is 1. The van der Waals surface area contributed by atoms with Crippen molar-refractivity contribution in [3.8, 4) is 0 Å². The summed E-state index contributed by atoms with van der Waals surface area (Å²) >= 11 is 0. The fraction of sp³-hybridized carbons (Fsp3) is 0.889. The van der Waals surface area contributed by atoms with Gasteiger partial charge in [-0.3, -0.25) is 4.90 Å². The molecule has 0 bridgehead atoms. The maximum Gasteiger partial charge on any atom is 0.141 e. The highest BCUT2D eigenvalue weighted by Gasteiger charge is 2.46. The van der Waals surface area contributed by atoms with Crippen molar-refractivity contribution in [2.45, 2.75) is 64.1 Å². The monoisotopic (exact) mass is 335 g/mol. The van der Waals surface area contributed by atoms with E-state index in [1.165, 1.54) is 6.42 Å². The number of hydrogen-bond acceptors (Lipinski definition) is 5. The average Bonchev–Trinajstić information content (AvgIpc) is 3.11. The Morgan fingerprint density at radius 1 is 1.38 bits per heavy atom. The Bertz CT molecular complexity index is 533. The second kappa shape index (κ2) is 7.10. The molecule has 6 nitrogen and oxygen atoms in total. The van der Waals surface area contributed by atoms with Crippen LogP contribution in [0.3, 0.4) is 0 Å². The molecule has 1 spiro atoms. The highest BCUT2D eigenvalue weighted by atomic mass is 16.5. The molecular formula is C18H33N5O. The summed E-state index contributed by atoms with van der Waals surface area (Å²) in [6, 6.07) is 0.470. The predicted molar refractivity (Wildman–Crippen MR) is 94.9 cm³/mol. The molecule has 0 unspecified atom stereocenters. The lowest BCUT2D eigenvalue weighted by atomic mass is 9.75. The zero-order valence-electron chi connectivity index (χ0n) is 15.7. The third kappa shape index (κ3) is 3.98. The standard InChI is InChI=1S/C18H33N5O/c1-17(2)12-18(24-13-17)7-5-15(6-8-18)23-16(20-14-21-23)11-22(4)10-9-19-3/h14-15,19H,5-13H2,1-4H3. The van der Waals surface area contributed by atoms with E-state index in [4.69, 9.17) is 4.74 Å². The fourth-order valence-corrected chi connectivity index (χ4v) is 4.33. The molecular weight excluding hydrogens is 302 g/mol. The van der Waals surface area contributed by atoms with Crippen molar-refractivity contribution >= 4 is 0 Å². The van der Waals surface area contributed by atoms with Gasteiger partial charge in [0.05, 0.1) is 24.8 Å². The summed E-state index contributed by atoms with van der Waals surface area (Å²) < 4.78 is 8.41. The molecule has 1 aliphatic heterocycles. The summed E-state index contributed by atoms with van der Waals surface area (Å²) in [5.74, 6) is 1.09. The van der Waals surface area contributed by atoms with Crippen molar-refractivity contribution in [1.82, 2.24) is 25.0 Å². The van der Waals surface area contributed by atoms with Crippen molar-refractivity contribution in [3.05, 3.63) is 12.2 Å². The van der Waals surface area contributed by atoms with E-state index in [1.807, 2.05) is 7.05 Å². The van der Waals surface area contributed by atoms with Crippen molar-refractivity contribution in [2.75, 3.05) is 33.8 Å². The van der Waals surface area contributed by atoms with E-state index in [1.54, 1.807) is 6.33 Å². The first-order chi connectivity index (χ1) is 11.4. The molecule has 2 aliphatic rings. The Morgan fingerprint density at radius 2 is 2.12 bits per heavy atom. The first-order valence-electron chi connectivity index (χ1n) is 9.29. The Hall–Kier alpha value is -0.980. The average molecular weight is 335 g/mol. The van der Waals surface area contributed by atoms with Crippen LogP contribution in [0.1, 0.15) is 57.8 Å². The molecule has 0 atom stereocenters. The van der Waals surface area contributed by atoms with Crippen molar-refractivity contribution < 1.29 is 4.74 Å². The van der Waals surface area contributed by atoms with Crippen LogP contribution in [0.2, 0.25) is 0 Å². The summed E-state index contributed by atoms with van der Waals surface area (Å²) in [7, 11) is 4.13. The fourth-order valence-electron chi connectivity index (χ4n) is 4.33. The maximum atomic E-state index is 6.24. The summed E-state index contributed by atoms with van der Waals surface area (Å²) in [4.78, 5) is 6.81. The van der Waals surface area contributed by atoms with Gasteiger partial charge < -0.3 is 10.1 Å². The van der Waals surface area contributed by atoms with E-state index in [0.717, 1.165) is 57.7 Å². The van der Waals surface area contributed by atoms with E-state index < -0.39 is 0 Å². The molecule has 3 rings (SSSR count). The first kappa shape index (κ1) is 17.8. The SMILES string of the molecule is CNCCN(C)Cc1ncnn1C1CCC2(CC1)CC(C)(C)CO2. The molecule has 6 heteroatoms. The minimum Gasteiger partial charge on any atom is -0.374 e. The van der Waals surface area contributed by atoms with E-state index in [9.17, 15) is 0 Å². The van der Waals surface area contributed by atoms with E-state index in [-0.39, 0.29) is 5.60 Å². The molecule has 2 heterocycles. The van der Waals surface area contributed by atoms with Crippen molar-refractivity contribution in [2.24, 2.45) is 5.41 Å². The maximum absolute atomic E-state index is 6.24. The van der Waals surface area contributed by atoms with Crippen LogP contribution in [0.15, 0.2) is 6.33 Å². The van der Waals surface area contributed by atoms with E-state index in [0.29, 0.717) is 11.5 Å². The zero-order valence-corrected chi connectivity index (χ0v) is 15.7. The highest BCUT2D eigenvalue weighted by Crippen LogP contribution is 2.48. The minimum absolute atomic E-state index is 0.129. The van der Waals surface area contributed by atoms with Gasteiger partial charge in [0.2, 0.25) is 0 Å². The molecule has 1 aromatic heterocycles. The molecule has 0 aromatic carbocycles. The van der Waals surface area contributed by atoms with E-state index in [2.05, 4.69) is 45.9 Å². The molecule has 1 saturated heterocycles. The normalized spacial score (nSPS) is 29.6. The van der Waals surface area contributed by atoms with Crippen molar-refractivity contribution in [1.29, 1.82) is 0 Å². The smallest absolute Gasteiger partial charge is 0.141 e. The lowest BCUT2D eigenvalue weighted by molar-refractivity contribution is -0.0354. The second-order valence-electron chi connectivity index (χ2n) is 8.51. The zero-order chi connectivity index (χ0) is 17.2. The third-order valence-electron chi connectivity index (χ3n) is 5.58. The summed E-state index contributed by atoms with van der Waals surface area (Å²) in [6.07, 6.45) is 7.50. The number of ether oxygens (including phenoxy) is 1. The van der Waals surface area contributed by atoms with E-state index >= 15 is 0 Å². The quantitative estimate of drug-likeness (QED) is 0.864. The summed E-state index contributed by atoms with van der Waals surface area (Å²) in [6.45, 7) is 8.41. The lowest BCUT2D eigenvalue weighted by Gasteiger charge is -2.37. The number of hydrogen-bond donors (Lipinski definition) is 1. The minimum atomic E-state index is 0.129. The molecule has 0 amide bonds. The number of nitrogens with zero attached hydrogens (tertiary/aromatic N) is 4. The van der Waals surface area contributed by atoms with Crippen LogP contribution in [0.4, 0.5) is 0 Å². The molecule has 1 aliphatic carbocycles. The van der Waals surface area contributed by atoms with Crippen LogP contribution in [-0.2, 0) is 11.3 Å². The Labute approximate surface area is 146 Å². The Kier molecular flexibility index (Phi) is 5.27. The lowest BCUT2D eigenvalue weighted by Crippen LogP contribution is -2.36. The van der Waals surface area contributed by atoms with Crippen molar-refractivity contribution in [3.63, 3.8) is 0 Å². The van der Waals surface area contributed by atoms with Gasteiger partial charge in [-0.05, 0) is 51.6 Å². The molecule has 24 heavy (non-hydrogen) atoms. The van der Waals surface area contributed by atoms with Gasteiger partial charge in [-0.2, -0.15) is 5.10 Å². The Morgan fingerprint density at radius 3 is 2.75 bits per heavy atom. The van der Waals surface area contributed by atoms with Crippen LogP contribution < -0.4 is 5.32 Å². The molecule has 1 N–H and O–H groups in total. The summed E-state index contributed by atoms with van der Waals surface area (Å²) in [5.41, 5.74) is 0.464. The highest BCUT2D eigenvalue weighted by molar-refractivity contribution is 4.99. The number of aromatic nitrogens is 3. The first-order valence-corrected chi connectivity index (χ1v) is 9.29. The van der Waals surface area contributed by atoms with Crippen LogP contribution in [0.5, 0.6) is 0 Å². The van der Waals surface area contributed by atoms with Gasteiger partial charge in [0.1, 0.15) is 12.2 Å². The molecule has 2 fully saturated rings. The van der Waals surface area contributed by atoms with Gasteiger partial charge in [0, 0.05) is 13.1 Å². The van der Waals surface area contributed by atoms with Gasteiger partial charge in [-0.1, -0.05) is 13.8 Å². The Balaban J connectivity index is 1.58. The van der Waals surface area contributed by atoms with Crippen LogP contribution in [0.25, 0.3) is 0 Å². The van der Waals surface area contributed by atoms with Crippen LogP contribution in [-0.4, -0.2) is 59.1 Å². The van der Waals surface area contributed by atoms with Gasteiger partial charge in [-0.15, -0.1) is 0 Å². The predicted octanol–water partition coefficient (Wildman–Crippen LogP) is 2.23. The van der Waals surface area contributed by atoms with Crippen LogP contribution >= 0.6 is 0 Å². The largest absolute Gasteiger partial charge is 0.374 e. The van der Waals surface area contributed by atoms with Gasteiger partial charge in [0.15, 0.2) is 0 Å². The molecule has 0 radical (unpaired) electrons. The molecule has 1 aromatic rings. The molecule has 136 valence electrons. The van der Waals surface area contributed by atoms with Crippen LogP contribution in [0, 0.1) is 5.41 Å². The second-order valence-corrected chi connectivity index (χ2v) is 8.51. The summed E-state index contributed by atoms with van der Waals surface area (Å²) in [5, 5.41) is 7.73. The number of rotatable bonds is 6. The molecule has 1 saturated carbocycles. The number of likely N-dealkylation sites (N-methyl/N-ethyl adjacent to an activating group) is 2. The van der Waals surface area contributed by atoms with Gasteiger partial charge >= 0.3 is 0 Å². The third-order valence-corrected chi connectivity index (χ3v) is 5.58. The van der Waals surface area contributed by atoms with Gasteiger partial charge in [-0.25, -0.2) is 9.67 Å². The topological polar surface area (TPSA) is 55.2 Å². The van der Waals surface area contributed by atoms with Gasteiger partial charge in [0.25, 0.3) is 0 Å².